The van der Waals surface area contributed by atoms with Crippen LogP contribution in [0, 0.1) is 6.92 Å². The number of halogens is 6. The van der Waals surface area contributed by atoms with Gasteiger partial charge in [0.15, 0.2) is 0 Å². The van der Waals surface area contributed by atoms with Gasteiger partial charge in [-0.15, -0.1) is 10.2 Å². The Kier molecular flexibility index (Phi) is 8.64. The van der Waals surface area contributed by atoms with Gasteiger partial charge in [0, 0.05) is 18.2 Å². The summed E-state index contributed by atoms with van der Waals surface area (Å²) in [5, 5.41) is 28.5. The van der Waals surface area contributed by atoms with Gasteiger partial charge in [0.2, 0.25) is 5.95 Å². The Bertz CT molecular complexity index is 959. The van der Waals surface area contributed by atoms with Crippen molar-refractivity contribution in [3.8, 4) is 17.0 Å². The fourth-order valence-electron chi connectivity index (χ4n) is 3.36. The van der Waals surface area contributed by atoms with Crippen molar-refractivity contribution in [2.75, 3.05) is 25.0 Å². The van der Waals surface area contributed by atoms with Gasteiger partial charge in [-0.25, -0.2) is 9.78 Å². The summed E-state index contributed by atoms with van der Waals surface area (Å²) in [6.07, 6.45) is -6.09. The van der Waals surface area contributed by atoms with Crippen molar-refractivity contribution >= 4 is 11.9 Å². The van der Waals surface area contributed by atoms with E-state index in [2.05, 4.69) is 32.3 Å². The molecule has 188 valence electrons. The Balaban J connectivity index is 0.000000509. The summed E-state index contributed by atoms with van der Waals surface area (Å²) < 4.78 is 70.3. The molecule has 8 nitrogen and oxygen atoms in total. The van der Waals surface area contributed by atoms with Gasteiger partial charge in [-0.1, -0.05) is 6.92 Å². The van der Waals surface area contributed by atoms with Crippen molar-refractivity contribution in [1.29, 1.82) is 0 Å². The average molecular weight is 495 g/mol. The van der Waals surface area contributed by atoms with E-state index < -0.39 is 29.6 Å². The van der Waals surface area contributed by atoms with Gasteiger partial charge < -0.3 is 20.4 Å². The van der Waals surface area contributed by atoms with Crippen molar-refractivity contribution < 1.29 is 41.4 Å². The van der Waals surface area contributed by atoms with Gasteiger partial charge in [-0.05, 0) is 50.6 Å². The first kappa shape index (κ1) is 27.1. The van der Waals surface area contributed by atoms with Gasteiger partial charge >= 0.3 is 18.3 Å². The molecular weight excluding hydrogens is 472 g/mol. The zero-order chi connectivity index (χ0) is 25.7. The molecule has 0 bridgehead atoms. The number of hydrogen-bond acceptors (Lipinski definition) is 7. The molecule has 1 aromatic carbocycles. The van der Waals surface area contributed by atoms with Gasteiger partial charge in [0.05, 0.1) is 11.8 Å². The van der Waals surface area contributed by atoms with E-state index in [1.54, 1.807) is 0 Å². The monoisotopic (exact) mass is 495 g/mol. The number of carboxylic acid groups (broad SMARTS) is 1. The third-order valence-electron chi connectivity index (χ3n) is 4.99. The summed E-state index contributed by atoms with van der Waals surface area (Å²) in [6, 6.07) is 1.90. The molecule has 0 amide bonds. The molecule has 1 fully saturated rings. The van der Waals surface area contributed by atoms with Crippen LogP contribution in [-0.2, 0) is 11.0 Å². The number of nitrogens with one attached hydrogen (secondary N) is 1. The van der Waals surface area contributed by atoms with Gasteiger partial charge in [0.25, 0.3) is 0 Å². The molecule has 2 aromatic rings. The molecule has 0 aliphatic carbocycles. The Hall–Kier alpha value is -3.16. The molecule has 3 rings (SSSR count). The summed E-state index contributed by atoms with van der Waals surface area (Å²) in [6.45, 7) is 6.58. The third kappa shape index (κ3) is 7.43. The van der Waals surface area contributed by atoms with Crippen LogP contribution in [0.5, 0.6) is 5.75 Å². The molecule has 1 atom stereocenters. The molecule has 3 N–H and O–H groups in total. The zero-order valence-electron chi connectivity index (χ0n) is 18.2. The SMILES string of the molecule is CCN1CCC[C@@H](Nc2ncc(-c3c(C)cc(C(F)(F)F)cc3O)nn2)C1.O=C(O)C(F)(F)F. The third-order valence-corrected chi connectivity index (χ3v) is 4.99. The highest BCUT2D eigenvalue weighted by atomic mass is 19.4. The van der Waals surface area contributed by atoms with E-state index in [-0.39, 0.29) is 22.9 Å². The first-order valence-corrected chi connectivity index (χ1v) is 10.1. The Morgan fingerprint density at radius 3 is 2.32 bits per heavy atom. The quantitative estimate of drug-likeness (QED) is 0.544. The van der Waals surface area contributed by atoms with E-state index in [4.69, 9.17) is 9.90 Å². The molecule has 14 heteroatoms. The predicted molar refractivity (Wildman–Crippen MR) is 109 cm³/mol. The van der Waals surface area contributed by atoms with Crippen LogP contribution in [0.15, 0.2) is 18.3 Å². The normalized spacial score (nSPS) is 17.0. The number of rotatable bonds is 4. The summed E-state index contributed by atoms with van der Waals surface area (Å²) >= 11 is 0. The van der Waals surface area contributed by atoms with Crippen molar-refractivity contribution in [3.05, 3.63) is 29.5 Å². The number of piperidine rings is 1. The number of aromatic hydroxyl groups is 1. The maximum atomic E-state index is 12.8. The summed E-state index contributed by atoms with van der Waals surface area (Å²) in [4.78, 5) is 15.5. The maximum absolute atomic E-state index is 12.8. The maximum Gasteiger partial charge on any atom is 0.490 e. The standard InChI is InChI=1S/C18H22F3N5O.C2HF3O2/c1-3-26-6-4-5-13(10-26)23-17-22-9-14(24-25-17)16-11(2)7-12(8-15(16)27)18(19,20)21;3-2(4,5)1(6)7/h7-9,13,27H,3-6,10H2,1-2H3,(H,22,23,25);(H,6,7)/t13-;/m1./s1. The van der Waals surface area contributed by atoms with Crippen LogP contribution < -0.4 is 5.32 Å². The van der Waals surface area contributed by atoms with Gasteiger partial charge in [-0.3, -0.25) is 0 Å². The number of benzene rings is 1. The number of carboxylic acids is 1. The highest BCUT2D eigenvalue weighted by Gasteiger charge is 2.38. The van der Waals surface area contributed by atoms with Crippen LogP contribution in [0.4, 0.5) is 32.3 Å². The number of anilines is 1. The number of nitrogens with zero attached hydrogens (tertiary/aromatic N) is 4. The van der Waals surface area contributed by atoms with E-state index in [0.717, 1.165) is 38.5 Å². The molecule has 0 radical (unpaired) electrons. The van der Waals surface area contributed by atoms with Gasteiger partial charge in [-0.2, -0.15) is 26.3 Å². The summed E-state index contributed by atoms with van der Waals surface area (Å²) in [5.41, 5.74) is -0.226. The second kappa shape index (κ2) is 10.8. The number of carbonyl (C=O) groups is 1. The smallest absolute Gasteiger partial charge is 0.490 e. The fourth-order valence-corrected chi connectivity index (χ4v) is 3.36. The molecule has 0 unspecified atom stereocenters. The molecule has 0 spiro atoms. The lowest BCUT2D eigenvalue weighted by Gasteiger charge is -2.32. The second-order valence-electron chi connectivity index (χ2n) is 7.53. The molecule has 34 heavy (non-hydrogen) atoms. The minimum absolute atomic E-state index is 0.198. The number of aryl methyl sites for hydroxylation is 1. The molecule has 1 aliphatic rings. The number of phenolic OH excluding ortho intramolecular Hbond substituents is 1. The lowest BCUT2D eigenvalue weighted by Crippen LogP contribution is -2.42. The van der Waals surface area contributed by atoms with Crippen molar-refractivity contribution in [3.63, 3.8) is 0 Å². The average Bonchev–Trinajstić information content (AvgIpc) is 2.73. The van der Waals surface area contributed by atoms with Crippen LogP contribution >= 0.6 is 0 Å². The summed E-state index contributed by atoms with van der Waals surface area (Å²) in [7, 11) is 0. The van der Waals surface area contributed by atoms with Crippen LogP contribution in [-0.4, -0.2) is 68.1 Å². The van der Waals surface area contributed by atoms with Crippen molar-refractivity contribution in [2.24, 2.45) is 0 Å². The predicted octanol–water partition coefficient (Wildman–Crippen LogP) is 4.10. The minimum Gasteiger partial charge on any atom is -0.507 e. The molecule has 1 aromatic heterocycles. The molecule has 1 saturated heterocycles. The van der Waals surface area contributed by atoms with Crippen LogP contribution in [0.2, 0.25) is 0 Å². The number of alkyl halides is 6. The van der Waals surface area contributed by atoms with Crippen LogP contribution in [0.1, 0.15) is 30.9 Å². The number of aliphatic carboxylic acids is 1. The van der Waals surface area contributed by atoms with Crippen molar-refractivity contribution in [1.82, 2.24) is 20.1 Å². The lowest BCUT2D eigenvalue weighted by molar-refractivity contribution is -0.192. The Morgan fingerprint density at radius 1 is 1.21 bits per heavy atom. The number of likely N-dealkylation sites (N-methyl/N-ethyl adjacent to an activating group) is 1. The lowest BCUT2D eigenvalue weighted by atomic mass is 10.0. The Labute approximate surface area is 190 Å². The first-order chi connectivity index (χ1) is 15.7. The van der Waals surface area contributed by atoms with E-state index in [9.17, 15) is 31.4 Å². The van der Waals surface area contributed by atoms with E-state index in [0.29, 0.717) is 12.0 Å². The minimum atomic E-state index is -5.08. The van der Waals surface area contributed by atoms with Crippen LogP contribution in [0.25, 0.3) is 11.3 Å². The number of aromatic nitrogens is 3. The Morgan fingerprint density at radius 2 is 1.85 bits per heavy atom. The zero-order valence-corrected chi connectivity index (χ0v) is 18.2. The van der Waals surface area contributed by atoms with E-state index >= 15 is 0 Å². The topological polar surface area (TPSA) is 111 Å². The first-order valence-electron chi connectivity index (χ1n) is 10.1. The van der Waals surface area contributed by atoms with Crippen LogP contribution in [0.3, 0.4) is 0 Å². The second-order valence-corrected chi connectivity index (χ2v) is 7.53. The highest BCUT2D eigenvalue weighted by molar-refractivity contribution is 5.73. The van der Waals surface area contributed by atoms with Crippen molar-refractivity contribution in [2.45, 2.75) is 45.1 Å². The fraction of sp³-hybridized carbons (Fsp3) is 0.500. The number of phenols is 1. The molecular formula is C20H23F6N5O3. The van der Waals surface area contributed by atoms with Gasteiger partial charge in [0.1, 0.15) is 11.4 Å². The molecule has 0 saturated carbocycles. The largest absolute Gasteiger partial charge is 0.507 e. The molecule has 2 heterocycles. The van der Waals surface area contributed by atoms with E-state index in [1.807, 2.05) is 0 Å². The highest BCUT2D eigenvalue weighted by Crippen LogP contribution is 2.38. The number of likely N-dealkylation sites (tertiary alicyclic amines) is 1. The molecule has 1 aliphatic heterocycles. The van der Waals surface area contributed by atoms with E-state index in [1.165, 1.54) is 13.1 Å². The number of hydrogen-bond donors (Lipinski definition) is 3. The summed E-state index contributed by atoms with van der Waals surface area (Å²) in [5.74, 6) is -2.89.